The highest BCUT2D eigenvalue weighted by molar-refractivity contribution is 5.77. The van der Waals surface area contributed by atoms with Gasteiger partial charge in [-0.3, -0.25) is 0 Å². The molecule has 1 aliphatic heterocycles. The van der Waals surface area contributed by atoms with Crippen LogP contribution in [-0.2, 0) is 0 Å². The number of ether oxygens (including phenoxy) is 1. The van der Waals surface area contributed by atoms with Crippen molar-refractivity contribution in [2.75, 3.05) is 29.9 Å². The topological polar surface area (TPSA) is 24.5 Å². The summed E-state index contributed by atoms with van der Waals surface area (Å²) in [7, 11) is 0. The smallest absolute Gasteiger partial charge is 0.144 e. The molecule has 1 saturated carbocycles. The molecule has 98 valence electrons. The number of hydrogen-bond acceptors (Lipinski definition) is 3. The van der Waals surface area contributed by atoms with Crippen molar-refractivity contribution in [3.05, 3.63) is 18.2 Å². The second-order valence-corrected chi connectivity index (χ2v) is 5.20. The Morgan fingerprint density at radius 3 is 3.06 bits per heavy atom. The Morgan fingerprint density at radius 1 is 1.39 bits per heavy atom. The van der Waals surface area contributed by atoms with Gasteiger partial charge in [-0.05, 0) is 37.8 Å². The average molecular weight is 246 g/mol. The van der Waals surface area contributed by atoms with Crippen molar-refractivity contribution in [3.8, 4) is 5.75 Å². The van der Waals surface area contributed by atoms with Gasteiger partial charge in [0.1, 0.15) is 11.4 Å². The van der Waals surface area contributed by atoms with Gasteiger partial charge >= 0.3 is 0 Å². The van der Waals surface area contributed by atoms with Crippen molar-refractivity contribution in [2.24, 2.45) is 0 Å². The van der Waals surface area contributed by atoms with E-state index in [1.165, 1.54) is 37.2 Å². The van der Waals surface area contributed by atoms with Gasteiger partial charge in [0.15, 0.2) is 0 Å². The van der Waals surface area contributed by atoms with Crippen LogP contribution < -0.4 is 15.0 Å². The number of benzene rings is 1. The zero-order valence-corrected chi connectivity index (χ0v) is 11.1. The molecule has 1 N–H and O–H groups in total. The van der Waals surface area contributed by atoms with E-state index in [1.807, 2.05) is 0 Å². The Bertz CT molecular complexity index is 415. The van der Waals surface area contributed by atoms with Crippen LogP contribution in [0.4, 0.5) is 11.4 Å². The molecule has 1 aromatic rings. The monoisotopic (exact) mass is 246 g/mol. The minimum absolute atomic E-state index is 0.769. The molecular formula is C15H22N2O. The summed E-state index contributed by atoms with van der Waals surface area (Å²) >= 11 is 0. The second-order valence-electron chi connectivity index (χ2n) is 5.20. The highest BCUT2D eigenvalue weighted by Crippen LogP contribution is 2.41. The van der Waals surface area contributed by atoms with Gasteiger partial charge in [0.2, 0.25) is 0 Å². The molecule has 0 atom stereocenters. The lowest BCUT2D eigenvalue weighted by Gasteiger charge is -2.25. The zero-order chi connectivity index (χ0) is 12.4. The highest BCUT2D eigenvalue weighted by atomic mass is 16.5. The van der Waals surface area contributed by atoms with Crippen molar-refractivity contribution in [2.45, 2.75) is 38.6 Å². The van der Waals surface area contributed by atoms with Crippen LogP contribution in [0.15, 0.2) is 18.2 Å². The van der Waals surface area contributed by atoms with Gasteiger partial charge in [0, 0.05) is 19.1 Å². The molecule has 2 aliphatic rings. The largest absolute Gasteiger partial charge is 0.491 e. The minimum Gasteiger partial charge on any atom is -0.491 e. The van der Waals surface area contributed by atoms with Gasteiger partial charge in [-0.25, -0.2) is 0 Å². The summed E-state index contributed by atoms with van der Waals surface area (Å²) < 4.78 is 5.87. The highest BCUT2D eigenvalue weighted by Gasteiger charge is 2.31. The normalized spacial score (nSPS) is 18.8. The summed E-state index contributed by atoms with van der Waals surface area (Å²) in [6.07, 6.45) is 4.95. The van der Waals surface area contributed by atoms with E-state index >= 15 is 0 Å². The van der Waals surface area contributed by atoms with E-state index in [2.05, 4.69) is 35.3 Å². The van der Waals surface area contributed by atoms with E-state index < -0.39 is 0 Å². The molecular weight excluding hydrogens is 224 g/mol. The van der Waals surface area contributed by atoms with Gasteiger partial charge in [0.05, 0.1) is 12.3 Å². The molecule has 3 rings (SSSR count). The third kappa shape index (κ3) is 2.26. The SMILES string of the molecule is CCCOc1cccc2c1NCCCN2C1CC1. The van der Waals surface area contributed by atoms with Crippen LogP contribution in [0.25, 0.3) is 0 Å². The van der Waals surface area contributed by atoms with E-state index in [4.69, 9.17) is 4.74 Å². The van der Waals surface area contributed by atoms with Crippen LogP contribution in [0.2, 0.25) is 0 Å². The van der Waals surface area contributed by atoms with Crippen LogP contribution in [-0.4, -0.2) is 25.7 Å². The molecule has 0 aromatic heterocycles. The van der Waals surface area contributed by atoms with E-state index in [-0.39, 0.29) is 0 Å². The molecule has 3 nitrogen and oxygen atoms in total. The molecule has 0 unspecified atom stereocenters. The molecule has 0 saturated heterocycles. The average Bonchev–Trinajstić information content (AvgIpc) is 3.21. The number of nitrogens with one attached hydrogen (secondary N) is 1. The first-order chi connectivity index (χ1) is 8.90. The fraction of sp³-hybridized carbons (Fsp3) is 0.600. The van der Waals surface area contributed by atoms with Gasteiger partial charge in [-0.2, -0.15) is 0 Å². The molecule has 1 heterocycles. The predicted molar refractivity (Wildman–Crippen MR) is 75.7 cm³/mol. The Hall–Kier alpha value is -1.38. The molecule has 3 heteroatoms. The summed E-state index contributed by atoms with van der Waals surface area (Å²) in [5.74, 6) is 1.02. The summed E-state index contributed by atoms with van der Waals surface area (Å²) in [5.41, 5.74) is 2.54. The fourth-order valence-electron chi connectivity index (χ4n) is 2.62. The third-order valence-electron chi connectivity index (χ3n) is 3.64. The first-order valence-electron chi connectivity index (χ1n) is 7.16. The number of nitrogens with zero attached hydrogens (tertiary/aromatic N) is 1. The molecule has 1 aromatic carbocycles. The maximum atomic E-state index is 5.87. The summed E-state index contributed by atoms with van der Waals surface area (Å²) in [6.45, 7) is 5.15. The standard InChI is InChI=1S/C15H22N2O/c1-2-11-18-14-6-3-5-13-15(14)16-9-4-10-17(13)12-7-8-12/h3,5-6,12,16H,2,4,7-11H2,1H3. The van der Waals surface area contributed by atoms with E-state index in [1.54, 1.807) is 0 Å². The van der Waals surface area contributed by atoms with E-state index in [0.29, 0.717) is 0 Å². The maximum absolute atomic E-state index is 5.87. The molecule has 0 bridgehead atoms. The Kier molecular flexibility index (Phi) is 3.31. The fourth-order valence-corrected chi connectivity index (χ4v) is 2.62. The minimum atomic E-state index is 0.769. The molecule has 0 spiro atoms. The van der Waals surface area contributed by atoms with Crippen molar-refractivity contribution >= 4 is 11.4 Å². The number of anilines is 2. The maximum Gasteiger partial charge on any atom is 0.144 e. The zero-order valence-electron chi connectivity index (χ0n) is 11.1. The first kappa shape index (κ1) is 11.7. The van der Waals surface area contributed by atoms with Crippen LogP contribution in [0, 0.1) is 0 Å². The lowest BCUT2D eigenvalue weighted by molar-refractivity contribution is 0.319. The number of rotatable bonds is 4. The summed E-state index contributed by atoms with van der Waals surface area (Å²) in [5, 5.41) is 3.55. The first-order valence-corrected chi connectivity index (χ1v) is 7.16. The molecule has 0 amide bonds. The van der Waals surface area contributed by atoms with Crippen LogP contribution >= 0.6 is 0 Å². The Balaban J connectivity index is 1.91. The summed E-state index contributed by atoms with van der Waals surface area (Å²) in [4.78, 5) is 2.56. The van der Waals surface area contributed by atoms with Crippen LogP contribution in [0.5, 0.6) is 5.75 Å². The lowest BCUT2D eigenvalue weighted by atomic mass is 10.2. The quantitative estimate of drug-likeness (QED) is 0.882. The molecule has 0 radical (unpaired) electrons. The van der Waals surface area contributed by atoms with E-state index in [0.717, 1.165) is 31.4 Å². The number of para-hydroxylation sites is 1. The Labute approximate surface area is 109 Å². The van der Waals surface area contributed by atoms with Crippen LogP contribution in [0.1, 0.15) is 32.6 Å². The second kappa shape index (κ2) is 5.09. The van der Waals surface area contributed by atoms with Crippen molar-refractivity contribution in [1.29, 1.82) is 0 Å². The van der Waals surface area contributed by atoms with Gasteiger partial charge in [-0.1, -0.05) is 13.0 Å². The molecule has 1 aliphatic carbocycles. The van der Waals surface area contributed by atoms with Gasteiger partial charge < -0.3 is 15.0 Å². The predicted octanol–water partition coefficient (Wildman–Crippen LogP) is 3.26. The molecule has 18 heavy (non-hydrogen) atoms. The van der Waals surface area contributed by atoms with Gasteiger partial charge in [-0.15, -0.1) is 0 Å². The van der Waals surface area contributed by atoms with Crippen molar-refractivity contribution in [1.82, 2.24) is 0 Å². The third-order valence-corrected chi connectivity index (χ3v) is 3.64. The summed E-state index contributed by atoms with van der Waals surface area (Å²) in [6, 6.07) is 7.19. The van der Waals surface area contributed by atoms with Crippen molar-refractivity contribution in [3.63, 3.8) is 0 Å². The van der Waals surface area contributed by atoms with Crippen molar-refractivity contribution < 1.29 is 4.74 Å². The number of hydrogen-bond donors (Lipinski definition) is 1. The Morgan fingerprint density at radius 2 is 2.28 bits per heavy atom. The van der Waals surface area contributed by atoms with E-state index in [9.17, 15) is 0 Å². The van der Waals surface area contributed by atoms with Gasteiger partial charge in [0.25, 0.3) is 0 Å². The lowest BCUT2D eigenvalue weighted by Crippen LogP contribution is -2.26. The molecule has 1 fully saturated rings. The number of fused-ring (bicyclic) bond motifs is 1. The van der Waals surface area contributed by atoms with Crippen LogP contribution in [0.3, 0.4) is 0 Å².